The molecule has 0 aliphatic heterocycles. The maximum Gasteiger partial charge on any atom is 0.408 e. The average molecular weight is 674 g/mol. The number of para-hydroxylation sites is 1. The molecule has 13 heteroatoms. The Morgan fingerprint density at radius 3 is 1.94 bits per heavy atom. The molecule has 2 rings (SSSR count). The molecular formula is C35H55N5O8. The van der Waals surface area contributed by atoms with Crippen LogP contribution in [0.5, 0.6) is 0 Å². The normalized spacial score (nSPS) is 16.1. The molecule has 13 nitrogen and oxygen atoms in total. The van der Waals surface area contributed by atoms with Crippen molar-refractivity contribution in [2.75, 3.05) is 0 Å². The fraction of sp³-hybridized carbons (Fsp3) is 0.629. The summed E-state index contributed by atoms with van der Waals surface area (Å²) in [6.07, 6.45) is 0.357. The number of carbonyl (C=O) groups excluding carboxylic acids is 4. The first-order chi connectivity index (χ1) is 22.4. The molecule has 0 unspecified atom stereocenters. The van der Waals surface area contributed by atoms with E-state index in [0.717, 1.165) is 16.5 Å². The predicted molar refractivity (Wildman–Crippen MR) is 183 cm³/mol. The number of carboxylic acids is 1. The van der Waals surface area contributed by atoms with Gasteiger partial charge in [0.25, 0.3) is 0 Å². The number of H-pyrrole nitrogens is 1. The number of aromatic amines is 1. The van der Waals surface area contributed by atoms with Crippen LogP contribution in [0.2, 0.25) is 0 Å². The number of fused-ring (bicyclic) bond motifs is 1. The third kappa shape index (κ3) is 11.8. The third-order valence-corrected chi connectivity index (χ3v) is 8.51. The Bertz CT molecular complexity index is 1400. The minimum absolute atomic E-state index is 0.133. The standard InChI is InChI=1S/C35H55N5O8/c1-10-20(5)29(39-32(44)30(21(6)11-2)40-34(47)48-35(7,8)9)31(43)37-25(16-22-18-36-24-15-13-12-14-23(22)24)26(41)17-27(42)38-28(19(3)4)33(45)46/h12-15,18-21,25-26,28-30,36,41H,10-11,16-17H2,1-9H3,(H,37,43)(H,38,42)(H,39,44)(H,40,47)(H,45,46)/t20-,21-,25-,26-,28-,29-,30-/m0/s1. The van der Waals surface area contributed by atoms with Crippen LogP contribution >= 0.6 is 0 Å². The molecule has 0 saturated carbocycles. The van der Waals surface area contributed by atoms with Gasteiger partial charge in [0, 0.05) is 17.1 Å². The number of benzene rings is 1. The lowest BCUT2D eigenvalue weighted by atomic mass is 9.93. The molecular weight excluding hydrogens is 618 g/mol. The summed E-state index contributed by atoms with van der Waals surface area (Å²) < 4.78 is 5.37. The zero-order chi connectivity index (χ0) is 36.3. The molecule has 1 aromatic heterocycles. The summed E-state index contributed by atoms with van der Waals surface area (Å²) >= 11 is 0. The van der Waals surface area contributed by atoms with Crippen LogP contribution in [0.4, 0.5) is 4.79 Å². The molecule has 7 atom stereocenters. The number of aromatic nitrogens is 1. The fourth-order valence-corrected chi connectivity index (χ4v) is 5.25. The largest absolute Gasteiger partial charge is 0.480 e. The van der Waals surface area contributed by atoms with Crippen LogP contribution < -0.4 is 21.3 Å². The monoisotopic (exact) mass is 673 g/mol. The number of carbonyl (C=O) groups is 5. The number of amides is 4. The molecule has 0 bridgehead atoms. The zero-order valence-corrected chi connectivity index (χ0v) is 29.7. The summed E-state index contributed by atoms with van der Waals surface area (Å²) in [4.78, 5) is 67.9. The van der Waals surface area contributed by atoms with Crippen LogP contribution in [-0.4, -0.2) is 80.9 Å². The van der Waals surface area contributed by atoms with Gasteiger partial charge in [0.15, 0.2) is 0 Å². The maximum atomic E-state index is 14.0. The van der Waals surface area contributed by atoms with E-state index < -0.39 is 78.0 Å². The number of aliphatic carboxylic acids is 1. The second-order valence-corrected chi connectivity index (χ2v) is 14.0. The highest BCUT2D eigenvalue weighted by Gasteiger charge is 2.35. The van der Waals surface area contributed by atoms with E-state index in [2.05, 4.69) is 26.3 Å². The van der Waals surface area contributed by atoms with Gasteiger partial charge in [-0.15, -0.1) is 0 Å². The lowest BCUT2D eigenvalue weighted by Gasteiger charge is -2.31. The summed E-state index contributed by atoms with van der Waals surface area (Å²) in [6, 6.07) is 3.36. The van der Waals surface area contributed by atoms with Gasteiger partial charge in [-0.05, 0) is 56.6 Å². The van der Waals surface area contributed by atoms with E-state index in [1.165, 1.54) is 0 Å². The summed E-state index contributed by atoms with van der Waals surface area (Å²) in [5, 5.41) is 32.5. The highest BCUT2D eigenvalue weighted by atomic mass is 16.6. The summed E-state index contributed by atoms with van der Waals surface area (Å²) in [5.41, 5.74) is 0.855. The molecule has 0 aliphatic rings. The Balaban J connectivity index is 2.37. The van der Waals surface area contributed by atoms with Crippen molar-refractivity contribution >= 4 is 40.7 Å². The second-order valence-electron chi connectivity index (χ2n) is 14.0. The minimum atomic E-state index is -1.40. The van der Waals surface area contributed by atoms with Crippen molar-refractivity contribution in [3.8, 4) is 0 Å². The first-order valence-electron chi connectivity index (χ1n) is 16.7. The van der Waals surface area contributed by atoms with Crippen molar-refractivity contribution in [1.29, 1.82) is 0 Å². The highest BCUT2D eigenvalue weighted by molar-refractivity contribution is 5.92. The summed E-state index contributed by atoms with van der Waals surface area (Å²) in [5.74, 6) is -4.03. The number of aliphatic hydroxyl groups excluding tert-OH is 1. The van der Waals surface area contributed by atoms with Crippen molar-refractivity contribution < 1.29 is 38.9 Å². The molecule has 2 aromatic rings. The lowest BCUT2D eigenvalue weighted by Crippen LogP contribution is -2.59. The van der Waals surface area contributed by atoms with Crippen molar-refractivity contribution in [2.45, 2.75) is 124 Å². The van der Waals surface area contributed by atoms with E-state index in [0.29, 0.717) is 12.8 Å². The van der Waals surface area contributed by atoms with Gasteiger partial charge in [-0.25, -0.2) is 9.59 Å². The Morgan fingerprint density at radius 1 is 0.833 bits per heavy atom. The SMILES string of the molecule is CC[C@H](C)[C@H](NC(=O)OC(C)(C)C)C(=O)N[C@H](C(=O)N[C@@H](Cc1c[nH]c2ccccc12)[C@@H](O)CC(=O)N[C@H](C(=O)O)C(C)C)[C@@H](C)CC. The van der Waals surface area contributed by atoms with Crippen LogP contribution in [0, 0.1) is 17.8 Å². The molecule has 4 amide bonds. The van der Waals surface area contributed by atoms with Gasteiger partial charge in [-0.3, -0.25) is 14.4 Å². The van der Waals surface area contributed by atoms with Crippen molar-refractivity contribution in [3.05, 3.63) is 36.0 Å². The molecule has 0 radical (unpaired) electrons. The van der Waals surface area contributed by atoms with E-state index >= 15 is 0 Å². The van der Waals surface area contributed by atoms with Crippen LogP contribution in [-0.2, 0) is 30.3 Å². The van der Waals surface area contributed by atoms with Crippen molar-refractivity contribution in [2.24, 2.45) is 17.8 Å². The van der Waals surface area contributed by atoms with Gasteiger partial charge in [0.2, 0.25) is 17.7 Å². The van der Waals surface area contributed by atoms with Crippen molar-refractivity contribution in [3.63, 3.8) is 0 Å². The van der Waals surface area contributed by atoms with Gasteiger partial charge in [-0.1, -0.05) is 72.6 Å². The molecule has 0 spiro atoms. The number of carboxylic acid groups (broad SMARTS) is 1. The predicted octanol–water partition coefficient (Wildman–Crippen LogP) is 3.64. The lowest BCUT2D eigenvalue weighted by molar-refractivity contribution is -0.143. The van der Waals surface area contributed by atoms with Crippen LogP contribution in [0.1, 0.15) is 87.1 Å². The van der Waals surface area contributed by atoms with E-state index in [-0.39, 0.29) is 18.3 Å². The molecule has 7 N–H and O–H groups in total. The number of nitrogens with one attached hydrogen (secondary N) is 5. The average Bonchev–Trinajstić information content (AvgIpc) is 3.41. The van der Waals surface area contributed by atoms with Crippen molar-refractivity contribution in [1.82, 2.24) is 26.3 Å². The van der Waals surface area contributed by atoms with Gasteiger partial charge < -0.3 is 41.2 Å². The number of hydrogen-bond acceptors (Lipinski definition) is 7. The Hall–Kier alpha value is -4.13. The van der Waals surface area contributed by atoms with E-state index in [4.69, 9.17) is 4.74 Å². The Labute approximate surface area is 283 Å². The summed E-state index contributed by atoms with van der Waals surface area (Å²) in [6.45, 7) is 15.8. The fourth-order valence-electron chi connectivity index (χ4n) is 5.25. The Kier molecular flexibility index (Phi) is 14.9. The van der Waals surface area contributed by atoms with Crippen LogP contribution in [0.15, 0.2) is 30.5 Å². The van der Waals surface area contributed by atoms with Crippen LogP contribution in [0.25, 0.3) is 10.9 Å². The number of ether oxygens (including phenoxy) is 1. The van der Waals surface area contributed by atoms with Gasteiger partial charge in [0.05, 0.1) is 18.6 Å². The van der Waals surface area contributed by atoms with E-state index in [9.17, 15) is 34.2 Å². The molecule has 0 saturated heterocycles. The Morgan fingerprint density at radius 2 is 1.40 bits per heavy atom. The first kappa shape index (κ1) is 40.0. The second kappa shape index (κ2) is 17.9. The highest BCUT2D eigenvalue weighted by Crippen LogP contribution is 2.21. The summed E-state index contributed by atoms with van der Waals surface area (Å²) in [7, 11) is 0. The topological polar surface area (TPSA) is 199 Å². The molecule has 1 aromatic carbocycles. The number of rotatable bonds is 17. The third-order valence-electron chi connectivity index (χ3n) is 8.51. The smallest absolute Gasteiger partial charge is 0.408 e. The van der Waals surface area contributed by atoms with E-state index in [1.54, 1.807) is 47.7 Å². The van der Waals surface area contributed by atoms with Crippen LogP contribution in [0.3, 0.4) is 0 Å². The number of aliphatic hydroxyl groups is 1. The molecule has 48 heavy (non-hydrogen) atoms. The van der Waals surface area contributed by atoms with Gasteiger partial charge in [0.1, 0.15) is 23.7 Å². The molecule has 0 aliphatic carbocycles. The molecule has 268 valence electrons. The first-order valence-corrected chi connectivity index (χ1v) is 16.7. The molecule has 1 heterocycles. The van der Waals surface area contributed by atoms with Gasteiger partial charge in [-0.2, -0.15) is 0 Å². The number of hydrogen-bond donors (Lipinski definition) is 7. The van der Waals surface area contributed by atoms with E-state index in [1.807, 2.05) is 45.0 Å². The quantitative estimate of drug-likeness (QED) is 0.132. The molecule has 0 fully saturated rings. The number of alkyl carbamates (subject to hydrolysis) is 1. The zero-order valence-electron chi connectivity index (χ0n) is 29.7. The maximum absolute atomic E-state index is 14.0. The minimum Gasteiger partial charge on any atom is -0.480 e. The van der Waals surface area contributed by atoms with Gasteiger partial charge >= 0.3 is 12.1 Å².